The molecule has 98 valence electrons. The van der Waals surface area contributed by atoms with Gasteiger partial charge < -0.3 is 15.7 Å². The number of nitrogens with one attached hydrogen (secondary N) is 2. The average molecular weight is 291 g/mol. The maximum absolute atomic E-state index is 12.9. The van der Waals surface area contributed by atoms with Crippen LogP contribution >= 0.6 is 23.8 Å². The number of thiocarbonyl (C=S) groups is 1. The van der Waals surface area contributed by atoms with Crippen molar-refractivity contribution in [2.45, 2.75) is 12.8 Å². The number of halogens is 2. The van der Waals surface area contributed by atoms with E-state index >= 15 is 0 Å². The number of benzene rings is 1. The molecular weight excluding hydrogens is 279 g/mol. The number of hydrogen-bond donors (Lipinski definition) is 3. The fourth-order valence-corrected chi connectivity index (χ4v) is 1.59. The van der Waals surface area contributed by atoms with Gasteiger partial charge in [0.1, 0.15) is 5.82 Å². The summed E-state index contributed by atoms with van der Waals surface area (Å²) >= 11 is 10.6. The minimum absolute atomic E-state index is 0.00803. The zero-order valence-electron chi connectivity index (χ0n) is 9.37. The van der Waals surface area contributed by atoms with Crippen LogP contribution in [-0.4, -0.2) is 22.7 Å². The summed E-state index contributed by atoms with van der Waals surface area (Å²) in [6, 6.07) is 4.16. The summed E-state index contributed by atoms with van der Waals surface area (Å²) in [6.07, 6.45) is 0.555. The highest BCUT2D eigenvalue weighted by atomic mass is 35.5. The predicted molar refractivity (Wildman–Crippen MR) is 72.5 cm³/mol. The molecule has 0 unspecified atom stereocenters. The first kappa shape index (κ1) is 14.7. The maximum atomic E-state index is 12.9. The van der Waals surface area contributed by atoms with Crippen molar-refractivity contribution < 1.29 is 14.3 Å². The lowest BCUT2D eigenvalue weighted by Crippen LogP contribution is -2.29. The molecule has 0 spiro atoms. The molecular formula is C11H12ClFN2O2S. The topological polar surface area (TPSA) is 61.4 Å². The normalized spacial score (nSPS) is 9.89. The van der Waals surface area contributed by atoms with E-state index in [0.717, 1.165) is 0 Å². The summed E-state index contributed by atoms with van der Waals surface area (Å²) in [5, 5.41) is 14.4. The molecule has 3 N–H and O–H groups in total. The third-order valence-electron chi connectivity index (χ3n) is 2.03. The van der Waals surface area contributed by atoms with Crippen LogP contribution in [0.1, 0.15) is 12.8 Å². The van der Waals surface area contributed by atoms with Crippen LogP contribution in [0.5, 0.6) is 0 Å². The zero-order valence-corrected chi connectivity index (χ0v) is 10.9. The van der Waals surface area contributed by atoms with Crippen LogP contribution in [0.2, 0.25) is 5.02 Å². The van der Waals surface area contributed by atoms with Gasteiger partial charge in [-0.15, -0.1) is 0 Å². The van der Waals surface area contributed by atoms with E-state index in [1.165, 1.54) is 18.2 Å². The lowest BCUT2D eigenvalue weighted by atomic mass is 10.3. The highest BCUT2D eigenvalue weighted by Crippen LogP contribution is 2.19. The number of carbonyl (C=O) groups is 1. The van der Waals surface area contributed by atoms with Crippen molar-refractivity contribution in [1.29, 1.82) is 0 Å². The van der Waals surface area contributed by atoms with E-state index < -0.39 is 11.8 Å². The molecule has 7 heteroatoms. The Morgan fingerprint density at radius 3 is 2.83 bits per heavy atom. The second kappa shape index (κ2) is 7.13. The molecule has 0 aliphatic rings. The molecule has 1 aromatic rings. The third-order valence-corrected chi connectivity index (χ3v) is 2.57. The fraction of sp³-hybridized carbons (Fsp3) is 0.273. The maximum Gasteiger partial charge on any atom is 0.303 e. The van der Waals surface area contributed by atoms with Crippen molar-refractivity contribution in [2.24, 2.45) is 0 Å². The Morgan fingerprint density at radius 1 is 1.50 bits per heavy atom. The van der Waals surface area contributed by atoms with E-state index in [2.05, 4.69) is 10.6 Å². The van der Waals surface area contributed by atoms with Gasteiger partial charge in [-0.3, -0.25) is 4.79 Å². The molecule has 0 heterocycles. The summed E-state index contributed by atoms with van der Waals surface area (Å²) in [6.45, 7) is 0.451. The highest BCUT2D eigenvalue weighted by Gasteiger charge is 2.02. The zero-order chi connectivity index (χ0) is 13.5. The van der Waals surface area contributed by atoms with E-state index in [9.17, 15) is 9.18 Å². The number of carboxylic acids is 1. The van der Waals surface area contributed by atoms with E-state index in [1.807, 2.05) is 0 Å². The molecule has 0 saturated heterocycles. The summed E-state index contributed by atoms with van der Waals surface area (Å²) in [5.41, 5.74) is 0.567. The van der Waals surface area contributed by atoms with Crippen molar-refractivity contribution >= 4 is 40.6 Å². The molecule has 0 amide bonds. The van der Waals surface area contributed by atoms with Crippen molar-refractivity contribution in [3.05, 3.63) is 29.0 Å². The van der Waals surface area contributed by atoms with Crippen LogP contribution in [0.4, 0.5) is 10.1 Å². The average Bonchev–Trinajstić information content (AvgIpc) is 2.29. The lowest BCUT2D eigenvalue weighted by molar-refractivity contribution is -0.137. The molecule has 18 heavy (non-hydrogen) atoms. The van der Waals surface area contributed by atoms with E-state index in [4.69, 9.17) is 28.9 Å². The summed E-state index contributed by atoms with van der Waals surface area (Å²) in [7, 11) is 0. The van der Waals surface area contributed by atoms with Crippen molar-refractivity contribution in [3.8, 4) is 0 Å². The van der Waals surface area contributed by atoms with Gasteiger partial charge >= 0.3 is 5.97 Å². The standard InChI is InChI=1S/C11H12ClFN2O2S/c12-8-6-7(3-4-9(8)13)15-11(18)14-5-1-2-10(16)17/h3-4,6H,1-2,5H2,(H,16,17)(H2,14,15,18). The van der Waals surface area contributed by atoms with Crippen LogP contribution in [0, 0.1) is 5.82 Å². The van der Waals surface area contributed by atoms with Gasteiger partial charge in [0, 0.05) is 18.7 Å². The number of aliphatic carboxylic acids is 1. The van der Waals surface area contributed by atoms with Crippen LogP contribution in [0.15, 0.2) is 18.2 Å². The molecule has 1 rings (SSSR count). The Hall–Kier alpha value is -1.40. The Kier molecular flexibility index (Phi) is 5.80. The molecule has 1 aromatic carbocycles. The van der Waals surface area contributed by atoms with E-state index in [-0.39, 0.29) is 11.4 Å². The van der Waals surface area contributed by atoms with Crippen molar-refractivity contribution in [3.63, 3.8) is 0 Å². The second-order valence-electron chi connectivity index (χ2n) is 3.51. The van der Waals surface area contributed by atoms with Gasteiger partial charge in [-0.1, -0.05) is 11.6 Å². The molecule has 0 atom stereocenters. The molecule has 0 aliphatic heterocycles. The number of hydrogen-bond acceptors (Lipinski definition) is 2. The molecule has 0 aliphatic carbocycles. The van der Waals surface area contributed by atoms with Crippen LogP contribution in [-0.2, 0) is 4.79 Å². The largest absolute Gasteiger partial charge is 0.481 e. The Balaban J connectivity index is 2.35. The lowest BCUT2D eigenvalue weighted by Gasteiger charge is -2.10. The highest BCUT2D eigenvalue weighted by molar-refractivity contribution is 7.80. The summed E-state index contributed by atoms with van der Waals surface area (Å²) < 4.78 is 12.9. The van der Waals surface area contributed by atoms with Crippen LogP contribution < -0.4 is 10.6 Å². The number of rotatable bonds is 5. The first-order valence-electron chi connectivity index (χ1n) is 5.20. The molecule has 0 radical (unpaired) electrons. The molecule has 0 bridgehead atoms. The van der Waals surface area contributed by atoms with Crippen molar-refractivity contribution in [1.82, 2.24) is 5.32 Å². The first-order valence-corrected chi connectivity index (χ1v) is 5.99. The predicted octanol–water partition coefficient (Wildman–Crippen LogP) is 2.63. The minimum atomic E-state index is -0.846. The smallest absolute Gasteiger partial charge is 0.303 e. The molecule has 0 fully saturated rings. The van der Waals surface area contributed by atoms with Crippen LogP contribution in [0.3, 0.4) is 0 Å². The van der Waals surface area contributed by atoms with Gasteiger partial charge in [-0.25, -0.2) is 4.39 Å². The second-order valence-corrected chi connectivity index (χ2v) is 4.32. The molecule has 0 saturated carbocycles. The Bertz CT molecular complexity index is 457. The monoisotopic (exact) mass is 290 g/mol. The van der Waals surface area contributed by atoms with E-state index in [1.54, 1.807) is 0 Å². The van der Waals surface area contributed by atoms with Gasteiger partial charge in [0.05, 0.1) is 5.02 Å². The van der Waals surface area contributed by atoms with Crippen LogP contribution in [0.25, 0.3) is 0 Å². The third kappa shape index (κ3) is 5.29. The Morgan fingerprint density at radius 2 is 2.22 bits per heavy atom. The van der Waals surface area contributed by atoms with Gasteiger partial charge in [-0.2, -0.15) is 0 Å². The quantitative estimate of drug-likeness (QED) is 0.575. The van der Waals surface area contributed by atoms with Gasteiger partial charge in [0.2, 0.25) is 0 Å². The minimum Gasteiger partial charge on any atom is -0.481 e. The summed E-state index contributed by atoms with van der Waals surface area (Å²) in [5.74, 6) is -1.34. The number of carboxylic acid groups (broad SMARTS) is 1. The first-order chi connectivity index (χ1) is 8.49. The van der Waals surface area contributed by atoms with Gasteiger partial charge in [0.25, 0.3) is 0 Å². The Labute approximate surface area is 114 Å². The molecule has 0 aromatic heterocycles. The van der Waals surface area contributed by atoms with Gasteiger partial charge in [0.15, 0.2) is 5.11 Å². The van der Waals surface area contributed by atoms with E-state index in [0.29, 0.717) is 23.8 Å². The van der Waals surface area contributed by atoms with Crippen molar-refractivity contribution in [2.75, 3.05) is 11.9 Å². The SMILES string of the molecule is O=C(O)CCCNC(=S)Nc1ccc(F)c(Cl)c1. The molecule has 4 nitrogen and oxygen atoms in total. The summed E-state index contributed by atoms with van der Waals surface area (Å²) in [4.78, 5) is 10.3. The fourth-order valence-electron chi connectivity index (χ4n) is 1.19. The number of anilines is 1. The van der Waals surface area contributed by atoms with Gasteiger partial charge in [-0.05, 0) is 36.8 Å².